The molecule has 1 saturated carbocycles. The number of aryl methyl sites for hydroxylation is 1. The van der Waals surface area contributed by atoms with Crippen LogP contribution in [0.3, 0.4) is 0 Å². The number of carbonyl (C=O) groups is 2. The Morgan fingerprint density at radius 2 is 1.89 bits per heavy atom. The lowest BCUT2D eigenvalue weighted by atomic mass is 9.85. The van der Waals surface area contributed by atoms with Gasteiger partial charge in [-0.2, -0.15) is 0 Å². The standard InChI is InChI=1S/C28H38ClN3O4/c1-19-11-12-22(27(33)32-18-24(30-2)15-20-7-4-3-5-8-20)17-25(19)26(36-14-13-31-28(34)35)21-9-6-10-23(29)16-21/h6,9-12,16-17,20,24,26,30-31H,3-5,7-8,13-15,18H2,1-2H3,(H,32,33)(H,34,35)/t24-,26?/m0/s1. The molecule has 1 aliphatic rings. The van der Waals surface area contributed by atoms with Crippen LogP contribution in [-0.2, 0) is 4.74 Å². The highest BCUT2D eigenvalue weighted by atomic mass is 35.5. The van der Waals surface area contributed by atoms with Gasteiger partial charge in [-0.3, -0.25) is 4.79 Å². The maximum atomic E-state index is 13.1. The summed E-state index contributed by atoms with van der Waals surface area (Å²) in [5, 5.41) is 18.2. The summed E-state index contributed by atoms with van der Waals surface area (Å²) in [7, 11) is 1.95. The van der Waals surface area contributed by atoms with Gasteiger partial charge in [0, 0.05) is 29.7 Å². The van der Waals surface area contributed by atoms with Crippen LogP contribution in [-0.4, -0.2) is 49.9 Å². The highest BCUT2D eigenvalue weighted by Crippen LogP contribution is 2.31. The molecular weight excluding hydrogens is 478 g/mol. The zero-order valence-corrected chi connectivity index (χ0v) is 21.9. The molecule has 196 valence electrons. The number of likely N-dealkylation sites (N-methyl/N-ethyl adjacent to an activating group) is 1. The van der Waals surface area contributed by atoms with Crippen molar-refractivity contribution in [3.63, 3.8) is 0 Å². The summed E-state index contributed by atoms with van der Waals surface area (Å²) < 4.78 is 6.11. The van der Waals surface area contributed by atoms with E-state index < -0.39 is 12.2 Å². The second-order valence-electron chi connectivity index (χ2n) is 9.54. The summed E-state index contributed by atoms with van der Waals surface area (Å²) >= 11 is 6.24. The largest absolute Gasteiger partial charge is 0.465 e. The first kappa shape index (κ1) is 28.0. The zero-order chi connectivity index (χ0) is 25.9. The molecule has 7 nitrogen and oxygen atoms in total. The molecule has 1 unspecified atom stereocenters. The molecule has 8 heteroatoms. The molecular formula is C28H38ClN3O4. The second-order valence-corrected chi connectivity index (χ2v) is 9.98. The fourth-order valence-corrected chi connectivity index (χ4v) is 5.08. The van der Waals surface area contributed by atoms with Crippen LogP contribution in [0, 0.1) is 12.8 Å². The lowest BCUT2D eigenvalue weighted by Crippen LogP contribution is -2.40. The van der Waals surface area contributed by atoms with Crippen molar-refractivity contribution in [1.29, 1.82) is 0 Å². The van der Waals surface area contributed by atoms with Gasteiger partial charge in [0.15, 0.2) is 0 Å². The Balaban J connectivity index is 1.72. The van der Waals surface area contributed by atoms with Crippen molar-refractivity contribution in [3.05, 3.63) is 69.7 Å². The van der Waals surface area contributed by atoms with E-state index in [1.807, 2.05) is 50.4 Å². The molecule has 2 aromatic carbocycles. The van der Waals surface area contributed by atoms with Gasteiger partial charge in [0.05, 0.1) is 6.61 Å². The summed E-state index contributed by atoms with van der Waals surface area (Å²) in [6.07, 6.45) is 5.98. The minimum atomic E-state index is -1.10. The molecule has 0 radical (unpaired) electrons. The maximum absolute atomic E-state index is 13.1. The van der Waals surface area contributed by atoms with Crippen LogP contribution in [0.2, 0.25) is 5.02 Å². The SMILES string of the molecule is CN[C@H](CNC(=O)c1ccc(C)c(C(OCCNC(=O)O)c2cccc(Cl)c2)c1)CC1CCCCC1. The lowest BCUT2D eigenvalue weighted by molar-refractivity contribution is 0.0809. The number of nitrogens with one attached hydrogen (secondary N) is 3. The Hall–Kier alpha value is -2.61. The van der Waals surface area contributed by atoms with E-state index in [1.54, 1.807) is 6.07 Å². The van der Waals surface area contributed by atoms with Crippen LogP contribution >= 0.6 is 11.6 Å². The topological polar surface area (TPSA) is 99.7 Å². The summed E-state index contributed by atoms with van der Waals surface area (Å²) in [5.41, 5.74) is 3.20. The Bertz CT molecular complexity index is 1010. The van der Waals surface area contributed by atoms with Crippen molar-refractivity contribution in [3.8, 4) is 0 Å². The van der Waals surface area contributed by atoms with E-state index in [2.05, 4.69) is 16.0 Å². The Morgan fingerprint density at radius 3 is 2.58 bits per heavy atom. The fraction of sp³-hybridized carbons (Fsp3) is 0.500. The number of ether oxygens (including phenoxy) is 1. The van der Waals surface area contributed by atoms with Gasteiger partial charge in [-0.1, -0.05) is 61.9 Å². The molecule has 2 aromatic rings. The van der Waals surface area contributed by atoms with Crippen molar-refractivity contribution >= 4 is 23.6 Å². The highest BCUT2D eigenvalue weighted by Gasteiger charge is 2.21. The summed E-state index contributed by atoms with van der Waals surface area (Å²) in [5.74, 6) is 0.600. The lowest BCUT2D eigenvalue weighted by Gasteiger charge is -2.26. The average Bonchev–Trinajstić information content (AvgIpc) is 2.87. The first-order valence-corrected chi connectivity index (χ1v) is 13.1. The molecule has 2 amide bonds. The van der Waals surface area contributed by atoms with E-state index in [4.69, 9.17) is 21.4 Å². The third-order valence-electron chi connectivity index (χ3n) is 6.90. The maximum Gasteiger partial charge on any atom is 0.404 e. The van der Waals surface area contributed by atoms with E-state index >= 15 is 0 Å². The Labute approximate surface area is 219 Å². The molecule has 36 heavy (non-hydrogen) atoms. The van der Waals surface area contributed by atoms with E-state index in [9.17, 15) is 9.59 Å². The predicted octanol–water partition coefficient (Wildman–Crippen LogP) is 5.31. The van der Waals surface area contributed by atoms with Gasteiger partial charge in [0.1, 0.15) is 6.10 Å². The van der Waals surface area contributed by atoms with E-state index in [1.165, 1.54) is 32.1 Å². The number of halogens is 1. The number of carboxylic acid groups (broad SMARTS) is 1. The number of hydrogen-bond acceptors (Lipinski definition) is 4. The van der Waals surface area contributed by atoms with E-state index in [0.717, 1.165) is 29.0 Å². The molecule has 1 aliphatic carbocycles. The van der Waals surface area contributed by atoms with Crippen molar-refractivity contribution in [2.75, 3.05) is 26.7 Å². The molecule has 2 atom stereocenters. The molecule has 0 bridgehead atoms. The number of rotatable bonds is 12. The fourth-order valence-electron chi connectivity index (χ4n) is 4.88. The minimum absolute atomic E-state index is 0.127. The minimum Gasteiger partial charge on any atom is -0.465 e. The number of benzene rings is 2. The van der Waals surface area contributed by atoms with E-state index in [0.29, 0.717) is 17.1 Å². The van der Waals surface area contributed by atoms with Gasteiger partial charge >= 0.3 is 6.09 Å². The first-order valence-electron chi connectivity index (χ1n) is 12.8. The van der Waals surface area contributed by atoms with Crippen LogP contribution in [0.5, 0.6) is 0 Å². The molecule has 0 aromatic heterocycles. The predicted molar refractivity (Wildman–Crippen MR) is 143 cm³/mol. The Kier molecular flexibility index (Phi) is 11.0. The van der Waals surface area contributed by atoms with Crippen LogP contribution < -0.4 is 16.0 Å². The Morgan fingerprint density at radius 1 is 1.11 bits per heavy atom. The quantitative estimate of drug-likeness (QED) is 0.287. The molecule has 1 fully saturated rings. The monoisotopic (exact) mass is 515 g/mol. The second kappa shape index (κ2) is 14.2. The summed E-state index contributed by atoms with van der Waals surface area (Å²) in [6.45, 7) is 2.86. The molecule has 0 aliphatic heterocycles. The molecule has 3 rings (SSSR count). The molecule has 0 saturated heterocycles. The van der Waals surface area contributed by atoms with Gasteiger partial charge in [-0.25, -0.2) is 4.79 Å². The average molecular weight is 516 g/mol. The smallest absolute Gasteiger partial charge is 0.404 e. The van der Waals surface area contributed by atoms with Gasteiger partial charge in [-0.05, 0) is 67.3 Å². The van der Waals surface area contributed by atoms with Crippen molar-refractivity contribution in [2.24, 2.45) is 5.92 Å². The van der Waals surface area contributed by atoms with Crippen molar-refractivity contribution in [1.82, 2.24) is 16.0 Å². The van der Waals surface area contributed by atoms with Crippen LogP contribution in [0.15, 0.2) is 42.5 Å². The summed E-state index contributed by atoms with van der Waals surface area (Å²) in [4.78, 5) is 23.9. The number of amides is 2. The van der Waals surface area contributed by atoms with E-state index in [-0.39, 0.29) is 25.1 Å². The number of hydrogen-bond donors (Lipinski definition) is 4. The third-order valence-corrected chi connectivity index (χ3v) is 7.13. The summed E-state index contributed by atoms with van der Waals surface area (Å²) in [6, 6.07) is 13.2. The van der Waals surface area contributed by atoms with Gasteiger partial charge in [-0.15, -0.1) is 0 Å². The third kappa shape index (κ3) is 8.50. The first-order chi connectivity index (χ1) is 17.4. The van der Waals surface area contributed by atoms with Gasteiger partial charge in [0.25, 0.3) is 5.91 Å². The molecule has 0 heterocycles. The molecule has 0 spiro atoms. The van der Waals surface area contributed by atoms with Gasteiger partial charge in [0.2, 0.25) is 0 Å². The normalized spacial score (nSPS) is 15.8. The van der Waals surface area contributed by atoms with Crippen molar-refractivity contribution in [2.45, 2.75) is 57.6 Å². The van der Waals surface area contributed by atoms with Crippen molar-refractivity contribution < 1.29 is 19.4 Å². The zero-order valence-electron chi connectivity index (χ0n) is 21.2. The van der Waals surface area contributed by atoms with Gasteiger partial charge < -0.3 is 25.8 Å². The van der Waals surface area contributed by atoms with Crippen LogP contribution in [0.25, 0.3) is 0 Å². The van der Waals surface area contributed by atoms with Crippen LogP contribution in [0.4, 0.5) is 4.79 Å². The highest BCUT2D eigenvalue weighted by molar-refractivity contribution is 6.30. The number of carbonyl (C=O) groups excluding carboxylic acids is 1. The van der Waals surface area contributed by atoms with Crippen LogP contribution in [0.1, 0.15) is 71.7 Å². The molecule has 4 N–H and O–H groups in total.